The molecule has 0 saturated heterocycles. The van der Waals surface area contributed by atoms with Gasteiger partial charge in [0.2, 0.25) is 5.69 Å². The molecule has 0 saturated carbocycles. The Bertz CT molecular complexity index is 1500. The third-order valence-electron chi connectivity index (χ3n) is 5.56. The number of nitrogens with zero attached hydrogens (tertiary/aromatic N) is 2. The fourth-order valence-electron chi connectivity index (χ4n) is 3.81. The molecule has 10 heteroatoms. The summed E-state index contributed by atoms with van der Waals surface area (Å²) in [5.74, 6) is -1.32. The Labute approximate surface area is 186 Å². The second kappa shape index (κ2) is 8.67. The van der Waals surface area contributed by atoms with Crippen molar-refractivity contribution >= 4 is 28.4 Å². The Morgan fingerprint density at radius 1 is 1.09 bits per heavy atom. The highest BCUT2D eigenvalue weighted by atomic mass is 16.4. The number of hydrogen-bond donors (Lipinski definition) is 4. The molecule has 168 valence electrons. The van der Waals surface area contributed by atoms with Gasteiger partial charge in [-0.3, -0.25) is 14.4 Å². The zero-order valence-electron chi connectivity index (χ0n) is 17.5. The van der Waals surface area contributed by atoms with Gasteiger partial charge in [-0.15, -0.1) is 0 Å². The molecule has 6 N–H and O–H groups in total. The molecule has 0 amide bonds. The first-order valence-corrected chi connectivity index (χ1v) is 10.2. The fraction of sp³-hybridized carbons (Fsp3) is 0.174. The zero-order valence-corrected chi connectivity index (χ0v) is 17.5. The number of anilines is 2. The van der Waals surface area contributed by atoms with Crippen molar-refractivity contribution in [1.82, 2.24) is 9.97 Å². The maximum atomic E-state index is 11.6. The van der Waals surface area contributed by atoms with Crippen LogP contribution < -0.4 is 32.8 Å². The Kier molecular flexibility index (Phi) is 5.76. The molecule has 4 aromatic rings. The summed E-state index contributed by atoms with van der Waals surface area (Å²) in [5.41, 5.74) is 14.0. The van der Waals surface area contributed by atoms with Crippen molar-refractivity contribution in [2.75, 3.05) is 17.2 Å². The molecule has 1 aliphatic rings. The van der Waals surface area contributed by atoms with Crippen LogP contribution in [0.25, 0.3) is 11.0 Å². The van der Waals surface area contributed by atoms with Gasteiger partial charge in [-0.05, 0) is 35.2 Å². The van der Waals surface area contributed by atoms with Crippen molar-refractivity contribution in [2.45, 2.75) is 19.5 Å². The fourth-order valence-corrected chi connectivity index (χ4v) is 3.81. The van der Waals surface area contributed by atoms with Crippen molar-refractivity contribution in [2.24, 2.45) is 5.73 Å². The predicted molar refractivity (Wildman–Crippen MR) is 124 cm³/mol. The van der Waals surface area contributed by atoms with Gasteiger partial charge >= 0.3 is 5.97 Å². The molecule has 0 aliphatic carbocycles. The lowest BCUT2D eigenvalue weighted by atomic mass is 9.96. The van der Waals surface area contributed by atoms with E-state index in [4.69, 9.17) is 16.6 Å². The molecule has 0 atom stereocenters. The Morgan fingerprint density at radius 3 is 2.55 bits per heavy atom. The van der Waals surface area contributed by atoms with E-state index in [9.17, 15) is 19.2 Å². The first-order chi connectivity index (χ1) is 15.8. The third-order valence-corrected chi connectivity index (χ3v) is 5.56. The molecule has 10 nitrogen and oxygen atoms in total. The van der Waals surface area contributed by atoms with E-state index < -0.39 is 28.1 Å². The van der Waals surface area contributed by atoms with Crippen molar-refractivity contribution < 1.29 is 9.90 Å². The summed E-state index contributed by atoms with van der Waals surface area (Å²) in [4.78, 5) is 52.6. The highest BCUT2D eigenvalue weighted by Crippen LogP contribution is 2.26. The Hall–Kier alpha value is -4.31. The van der Waals surface area contributed by atoms with Gasteiger partial charge in [0.1, 0.15) is 11.4 Å². The quantitative estimate of drug-likeness (QED) is 0.326. The summed E-state index contributed by atoms with van der Waals surface area (Å²) in [6, 6.07) is 12.9. The highest BCUT2D eigenvalue weighted by Gasteiger charge is 2.26. The maximum Gasteiger partial charge on any atom is 0.360 e. The molecular formula is C23H21N5O5. The van der Waals surface area contributed by atoms with Crippen LogP contribution in [0.2, 0.25) is 0 Å². The van der Waals surface area contributed by atoms with Crippen LogP contribution in [-0.2, 0) is 19.5 Å². The van der Waals surface area contributed by atoms with Gasteiger partial charge in [-0.1, -0.05) is 30.3 Å². The van der Waals surface area contributed by atoms with Crippen molar-refractivity contribution in [3.05, 3.63) is 95.6 Å². The number of aromatic nitrogens is 2. The lowest BCUT2D eigenvalue weighted by molar-refractivity contribution is 0.0689. The maximum absolute atomic E-state index is 11.6. The van der Waals surface area contributed by atoms with Gasteiger partial charge in [-0.25, -0.2) is 9.78 Å². The van der Waals surface area contributed by atoms with Crippen molar-refractivity contribution in [3.8, 4) is 0 Å². The van der Waals surface area contributed by atoms with Crippen LogP contribution in [0.1, 0.15) is 27.2 Å². The van der Waals surface area contributed by atoms with E-state index in [1.54, 1.807) is 24.3 Å². The SMILES string of the molecule is NCc1ccc2c(c1)CN(c1c(N)c(=O)c1=O)CC2.O=C(O)c1nc2ccccc2[nH]c1=O. The van der Waals surface area contributed by atoms with E-state index in [-0.39, 0.29) is 5.69 Å². The van der Waals surface area contributed by atoms with E-state index in [1.807, 2.05) is 11.0 Å². The number of aromatic carboxylic acids is 1. The number of nitrogen functional groups attached to an aromatic ring is 1. The summed E-state index contributed by atoms with van der Waals surface area (Å²) in [6.07, 6.45) is 0.846. The molecule has 1 aromatic heterocycles. The monoisotopic (exact) mass is 447 g/mol. The van der Waals surface area contributed by atoms with Crippen LogP contribution in [0, 0.1) is 0 Å². The van der Waals surface area contributed by atoms with Crippen LogP contribution in [0.3, 0.4) is 0 Å². The number of rotatable bonds is 3. The molecule has 1 aliphatic heterocycles. The summed E-state index contributed by atoms with van der Waals surface area (Å²) in [5, 5.41) is 8.64. The highest BCUT2D eigenvalue weighted by molar-refractivity contribution is 5.87. The van der Waals surface area contributed by atoms with E-state index >= 15 is 0 Å². The summed E-state index contributed by atoms with van der Waals surface area (Å²) >= 11 is 0. The van der Waals surface area contributed by atoms with Crippen LogP contribution in [0.5, 0.6) is 0 Å². The number of carboxylic acid groups (broad SMARTS) is 1. The van der Waals surface area contributed by atoms with Gasteiger partial charge in [0.05, 0.1) is 11.0 Å². The molecular weight excluding hydrogens is 426 g/mol. The van der Waals surface area contributed by atoms with Gasteiger partial charge in [-0.2, -0.15) is 0 Å². The largest absolute Gasteiger partial charge is 0.476 e. The van der Waals surface area contributed by atoms with Gasteiger partial charge < -0.3 is 26.5 Å². The van der Waals surface area contributed by atoms with E-state index in [0.29, 0.717) is 36.4 Å². The second-order valence-corrected chi connectivity index (χ2v) is 7.64. The number of carbonyl (C=O) groups is 1. The van der Waals surface area contributed by atoms with Crippen molar-refractivity contribution in [1.29, 1.82) is 0 Å². The van der Waals surface area contributed by atoms with Gasteiger partial charge in [0, 0.05) is 19.6 Å². The normalized spacial score (nSPS) is 12.8. The number of carboxylic acids is 1. The number of para-hydroxylation sites is 2. The van der Waals surface area contributed by atoms with Crippen LogP contribution in [-0.4, -0.2) is 27.6 Å². The minimum Gasteiger partial charge on any atom is -0.476 e. The lowest BCUT2D eigenvalue weighted by Gasteiger charge is -2.31. The number of benzene rings is 2. The zero-order chi connectivity index (χ0) is 23.7. The molecule has 5 rings (SSSR count). The summed E-state index contributed by atoms with van der Waals surface area (Å²) < 4.78 is 0. The molecule has 0 fully saturated rings. The van der Waals surface area contributed by atoms with Gasteiger partial charge in [0.15, 0.2) is 0 Å². The number of aromatic amines is 1. The smallest absolute Gasteiger partial charge is 0.360 e. The van der Waals surface area contributed by atoms with E-state index in [1.165, 1.54) is 5.56 Å². The number of H-pyrrole nitrogens is 1. The third kappa shape index (κ3) is 4.11. The molecule has 3 aromatic carbocycles. The Morgan fingerprint density at radius 2 is 1.85 bits per heavy atom. The molecule has 0 bridgehead atoms. The topological polar surface area (TPSA) is 172 Å². The molecule has 33 heavy (non-hydrogen) atoms. The van der Waals surface area contributed by atoms with Crippen molar-refractivity contribution in [3.63, 3.8) is 0 Å². The number of hydrogen-bond acceptors (Lipinski definition) is 8. The van der Waals surface area contributed by atoms with Crippen LogP contribution >= 0.6 is 0 Å². The number of nitrogens with one attached hydrogen (secondary N) is 1. The first-order valence-electron chi connectivity index (χ1n) is 10.2. The summed E-state index contributed by atoms with van der Waals surface area (Å²) in [7, 11) is 0. The van der Waals surface area contributed by atoms with Gasteiger partial charge in [0.25, 0.3) is 16.4 Å². The number of fused-ring (bicyclic) bond motifs is 2. The lowest BCUT2D eigenvalue weighted by Crippen LogP contribution is -2.44. The average molecular weight is 447 g/mol. The minimum atomic E-state index is -1.32. The van der Waals surface area contributed by atoms with E-state index in [0.717, 1.165) is 17.5 Å². The first kappa shape index (κ1) is 21.9. The second-order valence-electron chi connectivity index (χ2n) is 7.64. The predicted octanol–water partition coefficient (Wildman–Crippen LogP) is 0.508. The minimum absolute atomic E-state index is 0.100. The average Bonchev–Trinajstić information content (AvgIpc) is 2.83. The summed E-state index contributed by atoms with van der Waals surface area (Å²) in [6.45, 7) is 1.82. The van der Waals surface area contributed by atoms with Crippen LogP contribution in [0.15, 0.2) is 56.8 Å². The van der Waals surface area contributed by atoms with Crippen LogP contribution in [0.4, 0.5) is 11.4 Å². The standard InChI is InChI=1S/C14H15N3O2.C9H6N2O3/c15-6-8-1-2-9-3-4-17(7-10(9)5-8)12-11(16)13(18)14(12)19;12-8-7(9(13)14)10-5-3-1-2-4-6(5)11-8/h1-2,5H,3-4,6-7,15-16H2;1-4H,(H,11,12)(H,13,14). The Balaban J connectivity index is 0.000000165. The molecule has 0 radical (unpaired) electrons. The molecule has 0 spiro atoms. The van der Waals surface area contributed by atoms with E-state index in [2.05, 4.69) is 22.1 Å². The molecule has 2 heterocycles. The number of nitrogens with two attached hydrogens (primary N) is 2. The molecule has 0 unspecified atom stereocenters.